The lowest BCUT2D eigenvalue weighted by Gasteiger charge is -2.28. The molecule has 0 aliphatic carbocycles. The zero-order chi connectivity index (χ0) is 29.8. The lowest BCUT2D eigenvalue weighted by atomic mass is 9.91. The van der Waals surface area contributed by atoms with Crippen LogP contribution in [0.2, 0.25) is 5.02 Å². The summed E-state index contributed by atoms with van der Waals surface area (Å²) in [6, 6.07) is 19.3. The van der Waals surface area contributed by atoms with Crippen LogP contribution in [0.15, 0.2) is 66.9 Å². The molecule has 0 saturated heterocycles. The molecule has 0 bridgehead atoms. The first kappa shape index (κ1) is 28.0. The van der Waals surface area contributed by atoms with Crippen molar-refractivity contribution in [3.8, 4) is 33.0 Å². The van der Waals surface area contributed by atoms with E-state index in [2.05, 4.69) is 15.3 Å². The Kier molecular flexibility index (Phi) is 7.04. The van der Waals surface area contributed by atoms with Crippen molar-refractivity contribution in [3.05, 3.63) is 83.0 Å². The van der Waals surface area contributed by atoms with Gasteiger partial charge in [0, 0.05) is 40.5 Å². The number of hydrogen-bond donors (Lipinski definition) is 1. The highest BCUT2D eigenvalue weighted by Gasteiger charge is 2.32. The van der Waals surface area contributed by atoms with Gasteiger partial charge in [-0.3, -0.25) is 4.98 Å². The van der Waals surface area contributed by atoms with Crippen LogP contribution in [0.5, 0.6) is 0 Å². The zero-order valence-corrected chi connectivity index (χ0v) is 25.3. The number of fused-ring (bicyclic) bond motifs is 2. The number of benzene rings is 3. The van der Waals surface area contributed by atoms with Crippen LogP contribution in [0.3, 0.4) is 0 Å². The van der Waals surface area contributed by atoms with Gasteiger partial charge in [-0.1, -0.05) is 35.0 Å². The SMILES string of the molecule is Cc1cc2nc(-c3ccnc(-c4ccc5c(c4)nnn5C)c3)sc2c(-c2ccc(Cl)cc2)c1[C@H](OC(C)(C)C)C(=O)O. The molecule has 10 heteroatoms. The second kappa shape index (κ2) is 10.6. The van der Waals surface area contributed by atoms with E-state index in [1.165, 1.54) is 11.3 Å². The van der Waals surface area contributed by atoms with Crippen molar-refractivity contribution in [2.75, 3.05) is 0 Å². The number of pyridine rings is 1. The van der Waals surface area contributed by atoms with Crippen LogP contribution in [-0.4, -0.2) is 41.6 Å². The van der Waals surface area contributed by atoms with Gasteiger partial charge in [0.2, 0.25) is 0 Å². The topological polar surface area (TPSA) is 103 Å². The fourth-order valence-electron chi connectivity index (χ4n) is 5.08. The van der Waals surface area contributed by atoms with Gasteiger partial charge in [0.1, 0.15) is 10.5 Å². The highest BCUT2D eigenvalue weighted by molar-refractivity contribution is 7.22. The average Bonchev–Trinajstić information content (AvgIpc) is 3.54. The van der Waals surface area contributed by atoms with Crippen LogP contribution in [0.4, 0.5) is 0 Å². The molecule has 3 aromatic carbocycles. The largest absolute Gasteiger partial charge is 0.479 e. The molecule has 3 heterocycles. The summed E-state index contributed by atoms with van der Waals surface area (Å²) in [4.78, 5) is 22.2. The van der Waals surface area contributed by atoms with E-state index in [-0.39, 0.29) is 0 Å². The van der Waals surface area contributed by atoms with Gasteiger partial charge in [0.15, 0.2) is 6.10 Å². The Morgan fingerprint density at radius 2 is 1.74 bits per heavy atom. The first-order chi connectivity index (χ1) is 20.0. The van der Waals surface area contributed by atoms with Gasteiger partial charge in [-0.25, -0.2) is 14.5 Å². The fourth-order valence-corrected chi connectivity index (χ4v) is 6.33. The average molecular weight is 598 g/mol. The van der Waals surface area contributed by atoms with Crippen molar-refractivity contribution in [2.24, 2.45) is 7.05 Å². The minimum Gasteiger partial charge on any atom is -0.479 e. The molecule has 42 heavy (non-hydrogen) atoms. The molecule has 6 rings (SSSR count). The summed E-state index contributed by atoms with van der Waals surface area (Å²) in [6.45, 7) is 7.47. The number of aryl methyl sites for hydroxylation is 2. The molecule has 0 saturated carbocycles. The third-order valence-corrected chi connectivity index (χ3v) is 8.32. The standard InChI is InChI=1S/C32H28ClN5O3S/c1-17-14-24-29(27(18-6-9-21(33)10-7-18)26(17)28(31(39)40)41-32(2,3)4)42-30(35-24)20-12-13-34-22(16-20)19-8-11-25-23(15-19)36-37-38(25)5/h6-16,28H,1-5H3,(H,39,40)/t28-/m0/s1. The summed E-state index contributed by atoms with van der Waals surface area (Å²) in [5.41, 5.74) is 7.47. The van der Waals surface area contributed by atoms with Crippen molar-refractivity contribution in [1.29, 1.82) is 0 Å². The molecule has 0 aliphatic rings. The van der Waals surface area contributed by atoms with Crippen LogP contribution < -0.4 is 0 Å². The lowest BCUT2D eigenvalue weighted by molar-refractivity contribution is -0.160. The molecule has 0 radical (unpaired) electrons. The summed E-state index contributed by atoms with van der Waals surface area (Å²) < 4.78 is 8.74. The predicted octanol–water partition coefficient (Wildman–Crippen LogP) is 7.88. The number of aliphatic carboxylic acids is 1. The smallest absolute Gasteiger partial charge is 0.337 e. The van der Waals surface area contributed by atoms with E-state index in [4.69, 9.17) is 21.3 Å². The molecule has 1 atom stereocenters. The maximum absolute atomic E-state index is 12.6. The summed E-state index contributed by atoms with van der Waals surface area (Å²) in [5.74, 6) is -1.05. The second-order valence-electron chi connectivity index (χ2n) is 11.2. The van der Waals surface area contributed by atoms with E-state index in [1.54, 1.807) is 23.0 Å². The van der Waals surface area contributed by atoms with Crippen LogP contribution in [0.1, 0.15) is 38.0 Å². The Morgan fingerprint density at radius 3 is 2.45 bits per heavy atom. The highest BCUT2D eigenvalue weighted by atomic mass is 35.5. The molecular formula is C32H28ClN5O3S. The molecule has 212 valence electrons. The molecule has 0 unspecified atom stereocenters. The molecule has 3 aromatic heterocycles. The molecule has 6 aromatic rings. The summed E-state index contributed by atoms with van der Waals surface area (Å²) in [5, 5.41) is 20.0. The number of rotatable bonds is 6. The number of carbonyl (C=O) groups is 1. The van der Waals surface area contributed by atoms with E-state index >= 15 is 0 Å². The minimum atomic E-state index is -1.17. The quantitative estimate of drug-likeness (QED) is 0.208. The second-order valence-corrected chi connectivity index (χ2v) is 12.6. The van der Waals surface area contributed by atoms with Crippen LogP contribution in [0.25, 0.3) is 54.2 Å². The number of hydrogen-bond acceptors (Lipinski definition) is 7. The number of thiazole rings is 1. The van der Waals surface area contributed by atoms with Crippen molar-refractivity contribution >= 4 is 50.2 Å². The number of halogens is 1. The number of aromatic nitrogens is 5. The van der Waals surface area contributed by atoms with E-state index in [0.29, 0.717) is 10.6 Å². The molecule has 8 nitrogen and oxygen atoms in total. The first-order valence-electron chi connectivity index (χ1n) is 13.4. The molecule has 0 amide bonds. The molecule has 0 aliphatic heterocycles. The molecular weight excluding hydrogens is 570 g/mol. The van der Waals surface area contributed by atoms with Gasteiger partial charge in [-0.15, -0.1) is 16.4 Å². The van der Waals surface area contributed by atoms with Crippen molar-refractivity contribution in [1.82, 2.24) is 25.0 Å². The predicted molar refractivity (Wildman–Crippen MR) is 167 cm³/mol. The lowest BCUT2D eigenvalue weighted by Crippen LogP contribution is -2.28. The Labute approximate surface area is 251 Å². The van der Waals surface area contributed by atoms with Gasteiger partial charge < -0.3 is 9.84 Å². The van der Waals surface area contributed by atoms with Crippen molar-refractivity contribution in [2.45, 2.75) is 39.4 Å². The Balaban J connectivity index is 1.53. The van der Waals surface area contributed by atoms with Gasteiger partial charge >= 0.3 is 5.97 Å². The maximum Gasteiger partial charge on any atom is 0.337 e. The van der Waals surface area contributed by atoms with Crippen LogP contribution in [0, 0.1) is 6.92 Å². The van der Waals surface area contributed by atoms with E-state index in [0.717, 1.165) is 59.8 Å². The minimum absolute atomic E-state index is 0.596. The van der Waals surface area contributed by atoms with Gasteiger partial charge in [0.05, 0.1) is 27.0 Å². The normalized spacial score (nSPS) is 12.7. The van der Waals surface area contributed by atoms with Crippen LogP contribution >= 0.6 is 22.9 Å². The monoisotopic (exact) mass is 597 g/mol. The summed E-state index contributed by atoms with van der Waals surface area (Å²) >= 11 is 7.74. The summed E-state index contributed by atoms with van der Waals surface area (Å²) in [6.07, 6.45) is 0.598. The summed E-state index contributed by atoms with van der Waals surface area (Å²) in [7, 11) is 1.86. The highest BCUT2D eigenvalue weighted by Crippen LogP contribution is 2.44. The number of nitrogens with zero attached hydrogens (tertiary/aromatic N) is 5. The molecule has 0 spiro atoms. The Morgan fingerprint density at radius 1 is 1.00 bits per heavy atom. The van der Waals surface area contributed by atoms with Gasteiger partial charge in [-0.05, 0) is 81.3 Å². The van der Waals surface area contributed by atoms with Crippen LogP contribution in [-0.2, 0) is 16.6 Å². The Hall–Kier alpha value is -4.18. The van der Waals surface area contributed by atoms with Crippen molar-refractivity contribution in [3.63, 3.8) is 0 Å². The first-order valence-corrected chi connectivity index (χ1v) is 14.5. The number of carboxylic acids is 1. The molecule has 0 fully saturated rings. The maximum atomic E-state index is 12.6. The molecule has 1 N–H and O–H groups in total. The number of carboxylic acid groups (broad SMARTS) is 1. The van der Waals surface area contributed by atoms with Gasteiger partial charge in [0.25, 0.3) is 0 Å². The van der Waals surface area contributed by atoms with E-state index < -0.39 is 17.7 Å². The fraction of sp³-hybridized carbons (Fsp3) is 0.219. The number of ether oxygens (including phenoxy) is 1. The van der Waals surface area contributed by atoms with E-state index in [1.807, 2.05) is 83.3 Å². The third-order valence-electron chi connectivity index (χ3n) is 6.93. The third kappa shape index (κ3) is 5.27. The van der Waals surface area contributed by atoms with E-state index in [9.17, 15) is 9.90 Å². The van der Waals surface area contributed by atoms with Gasteiger partial charge in [-0.2, -0.15) is 0 Å². The van der Waals surface area contributed by atoms with Crippen molar-refractivity contribution < 1.29 is 14.6 Å². The Bertz CT molecular complexity index is 1980. The zero-order valence-electron chi connectivity index (χ0n) is 23.7.